The van der Waals surface area contributed by atoms with E-state index >= 15 is 0 Å². The summed E-state index contributed by atoms with van der Waals surface area (Å²) in [6, 6.07) is 0. The van der Waals surface area contributed by atoms with Crippen molar-refractivity contribution in [3.8, 4) is 0 Å². The van der Waals surface area contributed by atoms with Gasteiger partial charge in [-0.25, -0.2) is 0 Å². The number of allylic oxidation sites excluding steroid dienone is 2. The van der Waals surface area contributed by atoms with E-state index < -0.39 is 0 Å². The number of cyclic esters (lactones) is 1. The van der Waals surface area contributed by atoms with E-state index in [1.807, 2.05) is 6.92 Å². The molecule has 1 heterocycles. The summed E-state index contributed by atoms with van der Waals surface area (Å²) in [7, 11) is 0. The fourth-order valence-electron chi connectivity index (χ4n) is 3.65. The number of carbonyl (C=O) groups is 1. The normalized spacial score (nSPS) is 41.8. The summed E-state index contributed by atoms with van der Waals surface area (Å²) in [6.07, 6.45) is 10.6. The molecule has 0 unspecified atom stereocenters. The van der Waals surface area contributed by atoms with E-state index in [4.69, 9.17) is 4.74 Å². The van der Waals surface area contributed by atoms with Gasteiger partial charge >= 0.3 is 5.97 Å². The first-order chi connectivity index (χ1) is 9.56. The molecule has 0 radical (unpaired) electrons. The third-order valence-electron chi connectivity index (χ3n) is 4.87. The van der Waals surface area contributed by atoms with Crippen LogP contribution in [0.2, 0.25) is 0 Å². The Hall–Kier alpha value is -0.830. The zero-order valence-corrected chi connectivity index (χ0v) is 12.8. The number of aliphatic hydroxyl groups is 1. The van der Waals surface area contributed by atoms with E-state index in [9.17, 15) is 9.90 Å². The zero-order chi connectivity index (χ0) is 14.5. The number of hydrogen-bond acceptors (Lipinski definition) is 3. The molecule has 114 valence electrons. The van der Waals surface area contributed by atoms with Crippen molar-refractivity contribution in [3.05, 3.63) is 12.2 Å². The molecule has 5 atom stereocenters. The molecule has 0 saturated heterocycles. The lowest BCUT2D eigenvalue weighted by atomic mass is 9.82. The molecule has 20 heavy (non-hydrogen) atoms. The van der Waals surface area contributed by atoms with Gasteiger partial charge in [0.15, 0.2) is 0 Å². The first-order valence-electron chi connectivity index (χ1n) is 8.10. The van der Waals surface area contributed by atoms with Crippen LogP contribution < -0.4 is 0 Å². The second-order valence-electron chi connectivity index (χ2n) is 6.63. The van der Waals surface area contributed by atoms with Crippen molar-refractivity contribution in [1.82, 2.24) is 0 Å². The SMILES string of the molecule is C[C@@H]1CCC(=O)O[C@@H](C)CCC/C=C/[C@@H]2C[C@H](O)C[C@@H]12. The Kier molecular flexibility index (Phi) is 5.64. The van der Waals surface area contributed by atoms with Gasteiger partial charge in [0.25, 0.3) is 0 Å². The van der Waals surface area contributed by atoms with Gasteiger partial charge in [-0.3, -0.25) is 4.79 Å². The van der Waals surface area contributed by atoms with Gasteiger partial charge in [0.05, 0.1) is 12.2 Å². The van der Waals surface area contributed by atoms with E-state index in [1.165, 1.54) is 0 Å². The first-order valence-corrected chi connectivity index (χ1v) is 8.10. The maximum absolute atomic E-state index is 11.8. The number of esters is 1. The maximum Gasteiger partial charge on any atom is 0.306 e. The van der Waals surface area contributed by atoms with Crippen molar-refractivity contribution >= 4 is 5.97 Å². The highest BCUT2D eigenvalue weighted by Gasteiger charge is 2.35. The minimum absolute atomic E-state index is 0.0354. The Morgan fingerprint density at radius 1 is 1.25 bits per heavy atom. The number of carbonyl (C=O) groups excluding carboxylic acids is 1. The van der Waals surface area contributed by atoms with Gasteiger partial charge < -0.3 is 9.84 Å². The number of hydrogen-bond donors (Lipinski definition) is 1. The number of ether oxygens (including phenoxy) is 1. The summed E-state index contributed by atoms with van der Waals surface area (Å²) >= 11 is 0. The molecule has 1 fully saturated rings. The molecular weight excluding hydrogens is 252 g/mol. The third-order valence-corrected chi connectivity index (χ3v) is 4.87. The fourth-order valence-corrected chi connectivity index (χ4v) is 3.65. The number of fused-ring (bicyclic) bond motifs is 1. The summed E-state index contributed by atoms with van der Waals surface area (Å²) in [6.45, 7) is 4.19. The summed E-state index contributed by atoms with van der Waals surface area (Å²) in [5.74, 6) is 1.39. The van der Waals surface area contributed by atoms with Gasteiger partial charge in [-0.2, -0.15) is 0 Å². The minimum Gasteiger partial charge on any atom is -0.463 e. The van der Waals surface area contributed by atoms with Crippen LogP contribution in [-0.4, -0.2) is 23.3 Å². The largest absolute Gasteiger partial charge is 0.463 e. The van der Waals surface area contributed by atoms with Crippen LogP contribution in [0.25, 0.3) is 0 Å². The van der Waals surface area contributed by atoms with Crippen LogP contribution in [0.15, 0.2) is 12.2 Å². The Balaban J connectivity index is 2.03. The van der Waals surface area contributed by atoms with Crippen LogP contribution in [0.4, 0.5) is 0 Å². The average molecular weight is 280 g/mol. The van der Waals surface area contributed by atoms with Crippen LogP contribution in [0.3, 0.4) is 0 Å². The average Bonchev–Trinajstić information content (AvgIpc) is 2.76. The molecule has 1 aliphatic carbocycles. The summed E-state index contributed by atoms with van der Waals surface area (Å²) < 4.78 is 5.43. The van der Waals surface area contributed by atoms with Gasteiger partial charge in [0, 0.05) is 6.42 Å². The lowest BCUT2D eigenvalue weighted by Crippen LogP contribution is -2.19. The van der Waals surface area contributed by atoms with Crippen molar-refractivity contribution in [2.45, 2.75) is 71.0 Å². The van der Waals surface area contributed by atoms with Crippen LogP contribution >= 0.6 is 0 Å². The van der Waals surface area contributed by atoms with Crippen LogP contribution in [-0.2, 0) is 9.53 Å². The molecule has 0 spiro atoms. The van der Waals surface area contributed by atoms with Crippen LogP contribution in [0.1, 0.15) is 58.8 Å². The molecule has 0 aromatic heterocycles. The van der Waals surface area contributed by atoms with E-state index in [-0.39, 0.29) is 18.2 Å². The molecule has 1 aliphatic heterocycles. The van der Waals surface area contributed by atoms with Crippen LogP contribution in [0.5, 0.6) is 0 Å². The van der Waals surface area contributed by atoms with Crippen molar-refractivity contribution in [2.75, 3.05) is 0 Å². The molecule has 2 aliphatic rings. The van der Waals surface area contributed by atoms with E-state index in [1.54, 1.807) is 0 Å². The first kappa shape index (κ1) is 15.6. The van der Waals surface area contributed by atoms with Crippen molar-refractivity contribution in [3.63, 3.8) is 0 Å². The highest BCUT2D eigenvalue weighted by molar-refractivity contribution is 5.69. The standard InChI is InChI=1S/C17H28O3/c1-12-8-9-17(19)20-13(2)6-4-3-5-7-14-10-15(18)11-16(12)14/h5,7,12-16,18H,3-4,6,8-11H2,1-2H3/b7-5+/t12-,13+,14-,15+,16+/m1/s1. The van der Waals surface area contributed by atoms with Crippen molar-refractivity contribution in [2.24, 2.45) is 17.8 Å². The molecule has 0 aromatic rings. The third kappa shape index (κ3) is 4.34. The second-order valence-corrected chi connectivity index (χ2v) is 6.63. The molecule has 0 bridgehead atoms. The predicted octanol–water partition coefficient (Wildman–Crippen LogP) is 3.46. The van der Waals surface area contributed by atoms with Gasteiger partial charge in [0.2, 0.25) is 0 Å². The topological polar surface area (TPSA) is 46.5 Å². The predicted molar refractivity (Wildman–Crippen MR) is 79.2 cm³/mol. The molecule has 1 saturated carbocycles. The summed E-state index contributed by atoms with van der Waals surface area (Å²) in [5, 5.41) is 9.92. The molecule has 0 aromatic carbocycles. The lowest BCUT2D eigenvalue weighted by molar-refractivity contribution is -0.148. The van der Waals surface area contributed by atoms with E-state index in [0.717, 1.165) is 38.5 Å². The molecular formula is C17H28O3. The Bertz CT molecular complexity index is 350. The molecule has 3 nitrogen and oxygen atoms in total. The van der Waals surface area contributed by atoms with E-state index in [2.05, 4.69) is 19.1 Å². The smallest absolute Gasteiger partial charge is 0.306 e. The highest BCUT2D eigenvalue weighted by atomic mass is 16.5. The quantitative estimate of drug-likeness (QED) is 0.546. The van der Waals surface area contributed by atoms with Crippen LogP contribution in [0, 0.1) is 17.8 Å². The minimum atomic E-state index is -0.169. The van der Waals surface area contributed by atoms with Crippen molar-refractivity contribution in [1.29, 1.82) is 0 Å². The molecule has 2 rings (SSSR count). The number of aliphatic hydroxyl groups excluding tert-OH is 1. The van der Waals surface area contributed by atoms with Gasteiger partial charge in [-0.05, 0) is 63.2 Å². The Morgan fingerprint density at radius 2 is 2.05 bits per heavy atom. The molecule has 0 amide bonds. The summed E-state index contributed by atoms with van der Waals surface area (Å²) in [4.78, 5) is 11.8. The fraction of sp³-hybridized carbons (Fsp3) is 0.824. The van der Waals surface area contributed by atoms with Gasteiger partial charge in [-0.1, -0.05) is 19.1 Å². The van der Waals surface area contributed by atoms with Crippen molar-refractivity contribution < 1.29 is 14.6 Å². The molecule has 1 N–H and O–H groups in total. The maximum atomic E-state index is 11.8. The van der Waals surface area contributed by atoms with Gasteiger partial charge in [-0.15, -0.1) is 0 Å². The number of rotatable bonds is 0. The lowest BCUT2D eigenvalue weighted by Gasteiger charge is -2.23. The highest BCUT2D eigenvalue weighted by Crippen LogP contribution is 2.40. The van der Waals surface area contributed by atoms with E-state index in [0.29, 0.717) is 24.2 Å². The monoisotopic (exact) mass is 280 g/mol. The van der Waals surface area contributed by atoms with Gasteiger partial charge in [0.1, 0.15) is 0 Å². The Labute approximate surface area is 122 Å². The second kappa shape index (κ2) is 7.26. The molecule has 3 heteroatoms. The summed E-state index contributed by atoms with van der Waals surface area (Å²) in [5.41, 5.74) is 0. The Morgan fingerprint density at radius 3 is 2.85 bits per heavy atom. The zero-order valence-electron chi connectivity index (χ0n) is 12.8.